The van der Waals surface area contributed by atoms with Crippen molar-refractivity contribution in [2.45, 2.75) is 5.88 Å². The Hall–Kier alpha value is -1.40. The van der Waals surface area contributed by atoms with E-state index in [1.165, 1.54) is 16.0 Å². The molecule has 2 aromatic heterocycles. The van der Waals surface area contributed by atoms with Crippen LogP contribution in [0, 0.1) is 0 Å². The number of anilines is 1. The molecule has 84 valence electrons. The summed E-state index contributed by atoms with van der Waals surface area (Å²) >= 11 is 6.97. The molecule has 16 heavy (non-hydrogen) atoms. The largest absolute Gasteiger partial charge is 0.296 e. The molecule has 1 amide bonds. The van der Waals surface area contributed by atoms with Gasteiger partial charge in [0.1, 0.15) is 5.69 Å². The van der Waals surface area contributed by atoms with Gasteiger partial charge in [-0.25, -0.2) is 4.98 Å². The average molecular weight is 257 g/mol. The van der Waals surface area contributed by atoms with E-state index < -0.39 is 0 Å². The van der Waals surface area contributed by atoms with Crippen LogP contribution in [0.25, 0.3) is 0 Å². The molecule has 5 nitrogen and oxygen atoms in total. The number of carbonyl (C=O) groups excluding carboxylic acids is 1. The highest BCUT2D eigenvalue weighted by Crippen LogP contribution is 2.17. The van der Waals surface area contributed by atoms with Crippen LogP contribution in [0.4, 0.5) is 5.13 Å². The fraction of sp³-hybridized carbons (Fsp3) is 0.222. The molecule has 7 heteroatoms. The van der Waals surface area contributed by atoms with Crippen molar-refractivity contribution in [3.05, 3.63) is 29.0 Å². The zero-order valence-electron chi connectivity index (χ0n) is 8.48. The monoisotopic (exact) mass is 256 g/mol. The number of halogens is 1. The van der Waals surface area contributed by atoms with Gasteiger partial charge in [-0.15, -0.1) is 22.9 Å². The third kappa shape index (κ3) is 2.23. The Morgan fingerprint density at radius 3 is 3.06 bits per heavy atom. The minimum absolute atomic E-state index is 0.226. The van der Waals surface area contributed by atoms with Crippen molar-refractivity contribution in [3.8, 4) is 0 Å². The van der Waals surface area contributed by atoms with Crippen LogP contribution < -0.4 is 5.32 Å². The number of hydrogen-bond acceptors (Lipinski definition) is 4. The highest BCUT2D eigenvalue weighted by Gasteiger charge is 2.11. The molecular formula is C9H9ClN4OS. The number of nitrogens with one attached hydrogen (secondary N) is 1. The van der Waals surface area contributed by atoms with E-state index in [2.05, 4.69) is 15.4 Å². The Morgan fingerprint density at radius 1 is 1.69 bits per heavy atom. The van der Waals surface area contributed by atoms with Crippen LogP contribution in [0.15, 0.2) is 17.6 Å². The van der Waals surface area contributed by atoms with E-state index in [0.29, 0.717) is 16.7 Å². The number of carbonyl (C=O) groups is 1. The maximum absolute atomic E-state index is 11.8. The topological polar surface area (TPSA) is 59.8 Å². The van der Waals surface area contributed by atoms with Crippen molar-refractivity contribution in [3.63, 3.8) is 0 Å². The van der Waals surface area contributed by atoms with Crippen LogP contribution >= 0.6 is 22.9 Å². The number of thiazole rings is 1. The zero-order valence-corrected chi connectivity index (χ0v) is 10.0. The van der Waals surface area contributed by atoms with E-state index in [-0.39, 0.29) is 5.91 Å². The molecule has 2 heterocycles. The lowest BCUT2D eigenvalue weighted by molar-refractivity contribution is 0.101. The molecule has 0 fully saturated rings. The van der Waals surface area contributed by atoms with Gasteiger partial charge in [0.05, 0.1) is 11.6 Å². The van der Waals surface area contributed by atoms with Gasteiger partial charge < -0.3 is 0 Å². The van der Waals surface area contributed by atoms with Crippen LogP contribution in [0.1, 0.15) is 16.2 Å². The summed E-state index contributed by atoms with van der Waals surface area (Å²) in [5.41, 5.74) is 1.24. The smallest absolute Gasteiger partial charge is 0.275 e. The summed E-state index contributed by atoms with van der Waals surface area (Å²) in [7, 11) is 1.71. The Labute approximate surface area is 101 Å². The quantitative estimate of drug-likeness (QED) is 0.853. The van der Waals surface area contributed by atoms with Gasteiger partial charge in [-0.05, 0) is 6.07 Å². The van der Waals surface area contributed by atoms with Crippen molar-refractivity contribution in [1.82, 2.24) is 14.8 Å². The number of rotatable bonds is 3. The molecule has 2 aromatic rings. The summed E-state index contributed by atoms with van der Waals surface area (Å²) < 4.78 is 1.51. The number of nitrogens with zero attached hydrogens (tertiary/aromatic N) is 3. The van der Waals surface area contributed by atoms with E-state index in [1.807, 2.05) is 5.38 Å². The fourth-order valence-corrected chi connectivity index (χ4v) is 2.12. The Bertz CT molecular complexity index is 507. The number of amides is 1. The summed E-state index contributed by atoms with van der Waals surface area (Å²) in [6.07, 6.45) is 1.57. The Kier molecular flexibility index (Phi) is 3.21. The number of aryl methyl sites for hydroxylation is 1. The van der Waals surface area contributed by atoms with Crippen molar-refractivity contribution in [1.29, 1.82) is 0 Å². The first-order chi connectivity index (χ1) is 7.70. The highest BCUT2D eigenvalue weighted by molar-refractivity contribution is 7.14. The molecular weight excluding hydrogens is 248 g/mol. The molecule has 0 aromatic carbocycles. The van der Waals surface area contributed by atoms with Gasteiger partial charge in [0.15, 0.2) is 5.13 Å². The van der Waals surface area contributed by atoms with Crippen LogP contribution in [0.5, 0.6) is 0 Å². The summed E-state index contributed by atoms with van der Waals surface area (Å²) in [6, 6.07) is 1.64. The zero-order chi connectivity index (χ0) is 11.5. The number of hydrogen-bond donors (Lipinski definition) is 1. The predicted octanol–water partition coefficient (Wildman–Crippen LogP) is 1.87. The SMILES string of the molecule is Cn1nccc1C(=O)Nc1nc(CCl)cs1. The second kappa shape index (κ2) is 4.63. The average Bonchev–Trinajstić information content (AvgIpc) is 2.86. The van der Waals surface area contributed by atoms with Crippen LogP contribution in [-0.2, 0) is 12.9 Å². The first-order valence-electron chi connectivity index (χ1n) is 4.50. The first-order valence-corrected chi connectivity index (χ1v) is 5.92. The summed E-state index contributed by atoms with van der Waals surface area (Å²) in [6.45, 7) is 0. The van der Waals surface area contributed by atoms with Gasteiger partial charge in [0.2, 0.25) is 0 Å². The molecule has 0 spiro atoms. The van der Waals surface area contributed by atoms with Crippen LogP contribution in [-0.4, -0.2) is 20.7 Å². The van der Waals surface area contributed by atoms with Crippen molar-refractivity contribution in [2.75, 3.05) is 5.32 Å². The molecule has 0 radical (unpaired) electrons. The second-order valence-electron chi connectivity index (χ2n) is 3.07. The normalized spacial score (nSPS) is 10.4. The summed E-state index contributed by atoms with van der Waals surface area (Å²) in [5.74, 6) is 0.119. The number of alkyl halides is 1. The van der Waals surface area contributed by atoms with Gasteiger partial charge in [0.25, 0.3) is 5.91 Å². The van der Waals surface area contributed by atoms with Gasteiger partial charge in [-0.3, -0.25) is 14.8 Å². The molecule has 0 aliphatic heterocycles. The second-order valence-corrected chi connectivity index (χ2v) is 4.20. The minimum atomic E-state index is -0.226. The van der Waals surface area contributed by atoms with Crippen LogP contribution in [0.2, 0.25) is 0 Å². The highest BCUT2D eigenvalue weighted by atomic mass is 35.5. The molecule has 1 N–H and O–H groups in total. The summed E-state index contributed by atoms with van der Waals surface area (Å²) in [4.78, 5) is 15.9. The molecule has 0 bridgehead atoms. The Morgan fingerprint density at radius 2 is 2.50 bits per heavy atom. The van der Waals surface area contributed by atoms with Crippen LogP contribution in [0.3, 0.4) is 0 Å². The fourth-order valence-electron chi connectivity index (χ4n) is 1.18. The molecule has 0 aliphatic rings. The third-order valence-electron chi connectivity index (χ3n) is 1.96. The molecule has 0 saturated heterocycles. The summed E-state index contributed by atoms with van der Waals surface area (Å²) in [5, 5.41) is 8.96. The lowest BCUT2D eigenvalue weighted by Gasteiger charge is -2.01. The standard InChI is InChI=1S/C9H9ClN4OS/c1-14-7(2-3-11-14)8(15)13-9-12-6(4-10)5-16-9/h2-3,5H,4H2,1H3,(H,12,13,15). The minimum Gasteiger partial charge on any atom is -0.296 e. The van der Waals surface area contributed by atoms with Gasteiger partial charge in [0, 0.05) is 18.6 Å². The predicted molar refractivity (Wildman–Crippen MR) is 62.8 cm³/mol. The van der Waals surface area contributed by atoms with E-state index in [9.17, 15) is 4.79 Å². The van der Waals surface area contributed by atoms with Gasteiger partial charge in [-0.1, -0.05) is 0 Å². The van der Waals surface area contributed by atoms with Gasteiger partial charge >= 0.3 is 0 Å². The molecule has 2 rings (SSSR count). The lowest BCUT2D eigenvalue weighted by Crippen LogP contribution is -2.15. The lowest BCUT2D eigenvalue weighted by atomic mass is 10.4. The van der Waals surface area contributed by atoms with Gasteiger partial charge in [-0.2, -0.15) is 5.10 Å². The van der Waals surface area contributed by atoms with E-state index >= 15 is 0 Å². The maximum Gasteiger partial charge on any atom is 0.275 e. The van der Waals surface area contributed by atoms with Crippen molar-refractivity contribution < 1.29 is 4.79 Å². The Balaban J connectivity index is 2.11. The van der Waals surface area contributed by atoms with E-state index in [4.69, 9.17) is 11.6 Å². The van der Waals surface area contributed by atoms with Crippen molar-refractivity contribution >= 4 is 34.0 Å². The third-order valence-corrected chi connectivity index (χ3v) is 3.04. The van der Waals surface area contributed by atoms with E-state index in [1.54, 1.807) is 19.3 Å². The molecule has 0 saturated carbocycles. The first kappa shape index (κ1) is 11.1. The number of aromatic nitrogens is 3. The molecule has 0 unspecified atom stereocenters. The van der Waals surface area contributed by atoms with E-state index in [0.717, 1.165) is 5.69 Å². The maximum atomic E-state index is 11.8. The van der Waals surface area contributed by atoms with Crippen molar-refractivity contribution in [2.24, 2.45) is 7.05 Å². The molecule has 0 atom stereocenters. The molecule has 0 aliphatic carbocycles.